The fourth-order valence-electron chi connectivity index (χ4n) is 4.53. The van der Waals surface area contributed by atoms with E-state index in [1.165, 1.54) is 28.0 Å². The quantitative estimate of drug-likeness (QED) is 0.479. The van der Waals surface area contributed by atoms with Gasteiger partial charge in [-0.1, -0.05) is 120 Å². The highest BCUT2D eigenvalue weighted by Gasteiger charge is 2.32. The van der Waals surface area contributed by atoms with Gasteiger partial charge in [-0.25, -0.2) is 0 Å². The van der Waals surface area contributed by atoms with Gasteiger partial charge in [-0.2, -0.15) is 0 Å². The molecular weight excluding hydrogens is 388 g/mol. The molecule has 5 rings (SSSR count). The Morgan fingerprint density at radius 2 is 1.75 bits per heavy atom. The molecule has 0 radical (unpaired) electrons. The summed E-state index contributed by atoms with van der Waals surface area (Å²) in [5.74, 6) is 0.745. The van der Waals surface area contributed by atoms with Crippen LogP contribution in [0.25, 0.3) is 0 Å². The molecule has 0 aromatic heterocycles. The Kier molecular flexibility index (Phi) is 5.93. The minimum Gasteiger partial charge on any atom is -0.0868 e. The van der Waals surface area contributed by atoms with E-state index in [1.54, 1.807) is 0 Å². The second-order valence-corrected chi connectivity index (χ2v) is 8.72. The fraction of sp³-hybridized carbons (Fsp3) is 0.200. The minimum absolute atomic E-state index is 0.327. The third-order valence-corrected chi connectivity index (χ3v) is 6.38. The summed E-state index contributed by atoms with van der Waals surface area (Å²) in [5, 5.41) is 5.07. The van der Waals surface area contributed by atoms with E-state index < -0.39 is 0 Å². The van der Waals surface area contributed by atoms with E-state index in [9.17, 15) is 0 Å². The van der Waals surface area contributed by atoms with Crippen molar-refractivity contribution in [3.05, 3.63) is 132 Å². The molecule has 0 saturated carbocycles. The molecule has 0 N–H and O–H groups in total. The minimum atomic E-state index is 0.327. The number of nitrogens with zero attached hydrogens (tertiary/aromatic N) is 2. The standard InChI is InChI=1S/C30H29N2/c1-23-9-8-14-25(18-15-23)26-19-16-24(17-20-26)22-32-30(28-12-6-3-7-13-28)21-29(31-32)27-10-4-2-5-11-27/h2-12,14-20,25,28H,13,21-22H2,1H3/q+1. The van der Waals surface area contributed by atoms with Crippen LogP contribution in [0, 0.1) is 5.92 Å². The lowest BCUT2D eigenvalue weighted by molar-refractivity contribution is -0.548. The van der Waals surface area contributed by atoms with Crippen molar-refractivity contribution in [2.24, 2.45) is 11.0 Å². The molecule has 2 nitrogen and oxygen atoms in total. The van der Waals surface area contributed by atoms with Gasteiger partial charge in [0, 0.05) is 17.0 Å². The van der Waals surface area contributed by atoms with Crippen LogP contribution in [0.4, 0.5) is 0 Å². The molecule has 2 aliphatic carbocycles. The molecule has 2 aromatic rings. The first-order chi connectivity index (χ1) is 15.8. The zero-order chi connectivity index (χ0) is 21.8. The van der Waals surface area contributed by atoms with Gasteiger partial charge in [0.15, 0.2) is 12.3 Å². The molecule has 0 fully saturated rings. The third kappa shape index (κ3) is 4.55. The summed E-state index contributed by atoms with van der Waals surface area (Å²) in [6, 6.07) is 19.6. The number of hydrazone groups is 1. The predicted octanol–water partition coefficient (Wildman–Crippen LogP) is 6.74. The highest BCUT2D eigenvalue weighted by atomic mass is 15.4. The van der Waals surface area contributed by atoms with Crippen molar-refractivity contribution in [3.8, 4) is 0 Å². The maximum Gasteiger partial charge on any atom is 0.199 e. The lowest BCUT2D eigenvalue weighted by Gasteiger charge is -2.11. The molecule has 1 heterocycles. The van der Waals surface area contributed by atoms with E-state index >= 15 is 0 Å². The van der Waals surface area contributed by atoms with Crippen LogP contribution in [-0.4, -0.2) is 16.1 Å². The number of hydrogen-bond acceptors (Lipinski definition) is 1. The highest BCUT2D eigenvalue weighted by molar-refractivity contribution is 6.13. The SMILES string of the molecule is CC1=CC=CC(c2ccc(C[N+]3=C(C4C=CC=CC4)CC(c4ccccc4)=N3)cc2)C=C1. The topological polar surface area (TPSA) is 15.4 Å². The molecule has 0 saturated heterocycles. The second kappa shape index (κ2) is 9.32. The van der Waals surface area contributed by atoms with Crippen LogP contribution in [0.2, 0.25) is 0 Å². The van der Waals surface area contributed by atoms with Crippen molar-refractivity contribution in [3.63, 3.8) is 0 Å². The largest absolute Gasteiger partial charge is 0.199 e. The van der Waals surface area contributed by atoms with Gasteiger partial charge in [0.2, 0.25) is 0 Å². The van der Waals surface area contributed by atoms with Crippen molar-refractivity contribution in [2.75, 3.05) is 0 Å². The number of hydrogen-bond donors (Lipinski definition) is 0. The molecular formula is C30H29N2+. The summed E-state index contributed by atoms with van der Waals surface area (Å²) in [5.41, 5.74) is 7.67. The summed E-state index contributed by atoms with van der Waals surface area (Å²) in [6.45, 7) is 2.94. The van der Waals surface area contributed by atoms with Crippen molar-refractivity contribution in [2.45, 2.75) is 32.2 Å². The van der Waals surface area contributed by atoms with Crippen LogP contribution < -0.4 is 0 Å². The van der Waals surface area contributed by atoms with Gasteiger partial charge in [0.05, 0.1) is 12.3 Å². The number of allylic oxidation sites excluding steroid dienone is 10. The lowest BCUT2D eigenvalue weighted by Crippen LogP contribution is -2.21. The Labute approximate surface area is 191 Å². The maximum atomic E-state index is 5.07. The van der Waals surface area contributed by atoms with E-state index in [4.69, 9.17) is 5.10 Å². The zero-order valence-corrected chi connectivity index (χ0v) is 18.6. The van der Waals surface area contributed by atoms with Gasteiger partial charge < -0.3 is 0 Å². The van der Waals surface area contributed by atoms with Gasteiger partial charge in [-0.05, 0) is 24.0 Å². The van der Waals surface area contributed by atoms with E-state index in [2.05, 4.69) is 121 Å². The van der Waals surface area contributed by atoms with Gasteiger partial charge in [-0.3, -0.25) is 0 Å². The maximum absolute atomic E-state index is 5.07. The average molecular weight is 418 g/mol. The molecule has 2 atom stereocenters. The Hall–Kier alpha value is -3.52. The first-order valence-electron chi connectivity index (χ1n) is 11.5. The average Bonchev–Trinajstić information content (AvgIpc) is 3.14. The van der Waals surface area contributed by atoms with Crippen LogP contribution in [0.15, 0.2) is 120 Å². The summed E-state index contributed by atoms with van der Waals surface area (Å²) < 4.78 is 2.24. The molecule has 1 aliphatic heterocycles. The van der Waals surface area contributed by atoms with Crippen molar-refractivity contribution in [1.29, 1.82) is 0 Å². The van der Waals surface area contributed by atoms with Crippen LogP contribution in [0.1, 0.15) is 42.4 Å². The Morgan fingerprint density at radius 1 is 0.906 bits per heavy atom. The predicted molar refractivity (Wildman–Crippen MR) is 134 cm³/mol. The summed E-state index contributed by atoms with van der Waals surface area (Å²) in [6.07, 6.45) is 21.9. The molecule has 3 aliphatic rings. The first kappa shape index (κ1) is 20.4. The fourth-order valence-corrected chi connectivity index (χ4v) is 4.53. The van der Waals surface area contributed by atoms with E-state index in [-0.39, 0.29) is 0 Å². The lowest BCUT2D eigenvalue weighted by atomic mass is 9.91. The van der Waals surface area contributed by atoms with E-state index in [1.807, 2.05) is 0 Å². The number of benzene rings is 2. The third-order valence-electron chi connectivity index (χ3n) is 6.38. The van der Waals surface area contributed by atoms with Crippen molar-refractivity contribution < 1.29 is 4.68 Å². The van der Waals surface area contributed by atoms with E-state index in [0.29, 0.717) is 11.8 Å². The van der Waals surface area contributed by atoms with Crippen LogP contribution in [0.3, 0.4) is 0 Å². The van der Waals surface area contributed by atoms with Gasteiger partial charge >= 0.3 is 0 Å². The Morgan fingerprint density at radius 3 is 2.53 bits per heavy atom. The molecule has 0 bridgehead atoms. The molecule has 158 valence electrons. The van der Waals surface area contributed by atoms with Gasteiger partial charge in [0.1, 0.15) is 5.71 Å². The second-order valence-electron chi connectivity index (χ2n) is 8.72. The summed E-state index contributed by atoms with van der Waals surface area (Å²) in [7, 11) is 0. The van der Waals surface area contributed by atoms with Gasteiger partial charge in [-0.15, -0.1) is 0 Å². The normalized spacial score (nSPS) is 22.2. The van der Waals surface area contributed by atoms with Crippen molar-refractivity contribution >= 4 is 11.4 Å². The zero-order valence-electron chi connectivity index (χ0n) is 18.6. The molecule has 2 heteroatoms. The summed E-state index contributed by atoms with van der Waals surface area (Å²) >= 11 is 0. The molecule has 0 amide bonds. The highest BCUT2D eigenvalue weighted by Crippen LogP contribution is 2.25. The van der Waals surface area contributed by atoms with Crippen molar-refractivity contribution in [1.82, 2.24) is 0 Å². The molecule has 0 spiro atoms. The smallest absolute Gasteiger partial charge is 0.0868 e. The van der Waals surface area contributed by atoms with Crippen LogP contribution >= 0.6 is 0 Å². The van der Waals surface area contributed by atoms with E-state index in [0.717, 1.165) is 25.1 Å². The molecule has 2 aromatic carbocycles. The monoisotopic (exact) mass is 417 g/mol. The molecule has 2 unspecified atom stereocenters. The Balaban J connectivity index is 1.39. The number of rotatable bonds is 5. The van der Waals surface area contributed by atoms with Gasteiger partial charge in [0.25, 0.3) is 0 Å². The van der Waals surface area contributed by atoms with Crippen LogP contribution in [-0.2, 0) is 6.54 Å². The van der Waals surface area contributed by atoms with Crippen LogP contribution in [0.5, 0.6) is 0 Å². The Bertz CT molecular complexity index is 1190. The first-order valence-corrected chi connectivity index (χ1v) is 11.5. The summed E-state index contributed by atoms with van der Waals surface area (Å²) in [4.78, 5) is 0. The molecule has 32 heavy (non-hydrogen) atoms.